The Hall–Kier alpha value is -2.79. The second-order valence-corrected chi connectivity index (χ2v) is 7.82. The average Bonchev–Trinajstić information content (AvgIpc) is 2.80. The van der Waals surface area contributed by atoms with Crippen LogP contribution in [-0.2, 0) is 0 Å². The quantitative estimate of drug-likeness (QED) is 0.496. The Labute approximate surface area is 178 Å². The summed E-state index contributed by atoms with van der Waals surface area (Å²) in [6.45, 7) is 4.43. The minimum Gasteiger partial charge on any atom is -0.497 e. The van der Waals surface area contributed by atoms with Gasteiger partial charge in [-0.1, -0.05) is 18.6 Å². The zero-order valence-corrected chi connectivity index (χ0v) is 17.6. The van der Waals surface area contributed by atoms with Gasteiger partial charge in [0.2, 0.25) is 0 Å². The van der Waals surface area contributed by atoms with Crippen molar-refractivity contribution in [1.82, 2.24) is 4.90 Å². The maximum atomic E-state index is 12.9. The first-order chi connectivity index (χ1) is 14.7. The van der Waals surface area contributed by atoms with Crippen LogP contribution in [0.1, 0.15) is 41.6 Å². The molecule has 0 saturated carbocycles. The van der Waals surface area contributed by atoms with Crippen LogP contribution in [-0.4, -0.2) is 50.6 Å². The number of ketones is 1. The van der Waals surface area contributed by atoms with Crippen molar-refractivity contribution in [3.8, 4) is 17.2 Å². The van der Waals surface area contributed by atoms with E-state index >= 15 is 0 Å². The van der Waals surface area contributed by atoms with Gasteiger partial charge in [0, 0.05) is 18.2 Å². The molecule has 1 fully saturated rings. The fourth-order valence-electron chi connectivity index (χ4n) is 3.96. The largest absolute Gasteiger partial charge is 0.497 e. The van der Waals surface area contributed by atoms with Crippen LogP contribution in [0.25, 0.3) is 6.08 Å². The molecule has 0 aliphatic carbocycles. The van der Waals surface area contributed by atoms with Crippen molar-refractivity contribution < 1.29 is 19.0 Å². The van der Waals surface area contributed by atoms with Gasteiger partial charge in [0.15, 0.2) is 5.78 Å². The Kier molecular flexibility index (Phi) is 6.70. The highest BCUT2D eigenvalue weighted by molar-refractivity contribution is 6.14. The summed E-state index contributed by atoms with van der Waals surface area (Å²) in [4.78, 5) is 15.4. The summed E-state index contributed by atoms with van der Waals surface area (Å²) in [7, 11) is 1.63. The van der Waals surface area contributed by atoms with Crippen molar-refractivity contribution in [2.75, 3.05) is 40.0 Å². The predicted octanol–water partition coefficient (Wildman–Crippen LogP) is 4.61. The zero-order valence-electron chi connectivity index (χ0n) is 17.6. The number of hydrogen-bond donors (Lipinski definition) is 0. The molecule has 0 bridgehead atoms. The Morgan fingerprint density at radius 3 is 2.57 bits per heavy atom. The van der Waals surface area contributed by atoms with E-state index in [9.17, 15) is 4.79 Å². The van der Waals surface area contributed by atoms with Crippen molar-refractivity contribution >= 4 is 11.9 Å². The molecule has 4 rings (SSSR count). The molecule has 0 amide bonds. The van der Waals surface area contributed by atoms with Gasteiger partial charge >= 0.3 is 0 Å². The summed E-state index contributed by atoms with van der Waals surface area (Å²) in [6.07, 6.45) is 6.86. The van der Waals surface area contributed by atoms with E-state index in [1.54, 1.807) is 13.2 Å². The molecular weight excluding hydrogens is 378 g/mol. The molecule has 0 spiro atoms. The van der Waals surface area contributed by atoms with Gasteiger partial charge in [0.25, 0.3) is 0 Å². The molecule has 2 aromatic carbocycles. The monoisotopic (exact) mass is 407 g/mol. The first kappa shape index (κ1) is 20.5. The Morgan fingerprint density at radius 2 is 1.80 bits per heavy atom. The summed E-state index contributed by atoms with van der Waals surface area (Å²) in [6, 6.07) is 13.1. The molecule has 2 aliphatic rings. The lowest BCUT2D eigenvalue weighted by Crippen LogP contribution is -2.31. The molecule has 1 saturated heterocycles. The number of fused-ring (bicyclic) bond motifs is 1. The van der Waals surface area contributed by atoms with E-state index in [0.29, 0.717) is 23.5 Å². The van der Waals surface area contributed by atoms with Gasteiger partial charge in [0.1, 0.15) is 23.9 Å². The second-order valence-electron chi connectivity index (χ2n) is 7.82. The Balaban J connectivity index is 1.34. The van der Waals surface area contributed by atoms with Gasteiger partial charge in [-0.05, 0) is 68.3 Å². The first-order valence-corrected chi connectivity index (χ1v) is 10.7. The molecular formula is C25H29NO4. The molecule has 0 aromatic heterocycles. The predicted molar refractivity (Wildman–Crippen MR) is 118 cm³/mol. The summed E-state index contributed by atoms with van der Waals surface area (Å²) in [5.74, 6) is 2.14. The van der Waals surface area contributed by atoms with Gasteiger partial charge in [-0.25, -0.2) is 0 Å². The SMILES string of the molecule is COc1ccc(/C=C2\COc3cc(OCCCN4CCCCC4)ccc3C2=O)cc1. The second kappa shape index (κ2) is 9.81. The summed E-state index contributed by atoms with van der Waals surface area (Å²) >= 11 is 0. The third-order valence-electron chi connectivity index (χ3n) is 5.67. The topological polar surface area (TPSA) is 48.0 Å². The molecule has 5 heteroatoms. The standard InChI is InChI=1S/C25H29NO4/c1-28-21-8-6-19(7-9-21)16-20-18-30-24-17-22(10-11-23(24)25(20)27)29-15-5-14-26-12-3-2-4-13-26/h6-11,16-17H,2-5,12-15,18H2,1H3/b20-16+. The highest BCUT2D eigenvalue weighted by atomic mass is 16.5. The minimum atomic E-state index is 0.00344. The smallest absolute Gasteiger partial charge is 0.196 e. The maximum Gasteiger partial charge on any atom is 0.196 e. The number of hydrogen-bond acceptors (Lipinski definition) is 5. The fourth-order valence-corrected chi connectivity index (χ4v) is 3.96. The molecule has 0 radical (unpaired) electrons. The molecule has 0 atom stereocenters. The van der Waals surface area contributed by atoms with Gasteiger partial charge in [-0.15, -0.1) is 0 Å². The lowest BCUT2D eigenvalue weighted by atomic mass is 9.98. The van der Waals surface area contributed by atoms with Gasteiger partial charge in [0.05, 0.1) is 19.3 Å². The van der Waals surface area contributed by atoms with Crippen molar-refractivity contribution in [1.29, 1.82) is 0 Å². The maximum absolute atomic E-state index is 12.9. The number of piperidine rings is 1. The normalized spacial score (nSPS) is 18.0. The van der Waals surface area contributed by atoms with Crippen molar-refractivity contribution in [2.24, 2.45) is 0 Å². The van der Waals surface area contributed by atoms with Gasteiger partial charge in [-0.3, -0.25) is 4.79 Å². The van der Waals surface area contributed by atoms with Crippen LogP contribution < -0.4 is 14.2 Å². The first-order valence-electron chi connectivity index (χ1n) is 10.7. The summed E-state index contributed by atoms with van der Waals surface area (Å²) in [5.41, 5.74) is 2.17. The van der Waals surface area contributed by atoms with Gasteiger partial charge in [-0.2, -0.15) is 0 Å². The van der Waals surface area contributed by atoms with Crippen molar-refractivity contribution in [2.45, 2.75) is 25.7 Å². The molecule has 5 nitrogen and oxygen atoms in total. The molecule has 2 aromatic rings. The minimum absolute atomic E-state index is 0.00344. The van der Waals surface area contributed by atoms with Crippen LogP contribution in [0.4, 0.5) is 0 Å². The van der Waals surface area contributed by atoms with E-state index in [1.165, 1.54) is 32.4 Å². The summed E-state index contributed by atoms with van der Waals surface area (Å²) in [5, 5.41) is 0. The summed E-state index contributed by atoms with van der Waals surface area (Å²) < 4.78 is 16.9. The average molecular weight is 408 g/mol. The number of carbonyl (C=O) groups excluding carboxylic acids is 1. The molecule has 2 heterocycles. The van der Waals surface area contributed by atoms with Crippen LogP contribution >= 0.6 is 0 Å². The molecule has 158 valence electrons. The van der Waals surface area contributed by atoms with Crippen molar-refractivity contribution in [3.05, 3.63) is 59.2 Å². The molecule has 2 aliphatic heterocycles. The number of methoxy groups -OCH3 is 1. The molecule has 0 N–H and O–H groups in total. The lowest BCUT2D eigenvalue weighted by molar-refractivity contribution is 0.100. The lowest BCUT2D eigenvalue weighted by Gasteiger charge is -2.26. The van der Waals surface area contributed by atoms with Crippen LogP contribution in [0.5, 0.6) is 17.2 Å². The van der Waals surface area contributed by atoms with E-state index in [2.05, 4.69) is 4.90 Å². The van der Waals surface area contributed by atoms with E-state index in [0.717, 1.165) is 30.0 Å². The van der Waals surface area contributed by atoms with E-state index in [1.807, 2.05) is 42.5 Å². The van der Waals surface area contributed by atoms with Crippen LogP contribution in [0.2, 0.25) is 0 Å². The van der Waals surface area contributed by atoms with Crippen LogP contribution in [0.15, 0.2) is 48.0 Å². The highest BCUT2D eigenvalue weighted by Crippen LogP contribution is 2.31. The number of Topliss-reactive ketones (excluding diaryl/α,β-unsaturated/α-hetero) is 1. The third kappa shape index (κ3) is 5.03. The van der Waals surface area contributed by atoms with Crippen LogP contribution in [0.3, 0.4) is 0 Å². The van der Waals surface area contributed by atoms with E-state index < -0.39 is 0 Å². The third-order valence-corrected chi connectivity index (χ3v) is 5.67. The number of rotatable bonds is 7. The van der Waals surface area contributed by atoms with E-state index in [4.69, 9.17) is 14.2 Å². The Bertz CT molecular complexity index is 898. The highest BCUT2D eigenvalue weighted by Gasteiger charge is 2.24. The number of ether oxygens (including phenoxy) is 3. The zero-order chi connectivity index (χ0) is 20.8. The fraction of sp³-hybridized carbons (Fsp3) is 0.400. The van der Waals surface area contributed by atoms with Crippen LogP contribution in [0, 0.1) is 0 Å². The number of carbonyl (C=O) groups is 1. The van der Waals surface area contributed by atoms with Gasteiger partial charge < -0.3 is 19.1 Å². The Morgan fingerprint density at radius 1 is 1.03 bits per heavy atom. The van der Waals surface area contributed by atoms with Crippen molar-refractivity contribution in [3.63, 3.8) is 0 Å². The molecule has 0 unspecified atom stereocenters. The number of benzene rings is 2. The van der Waals surface area contributed by atoms with E-state index in [-0.39, 0.29) is 12.4 Å². The number of likely N-dealkylation sites (tertiary alicyclic amines) is 1. The molecule has 30 heavy (non-hydrogen) atoms. The number of nitrogens with zero attached hydrogens (tertiary/aromatic N) is 1.